The van der Waals surface area contributed by atoms with Crippen LogP contribution in [0.25, 0.3) is 0 Å². The Balaban J connectivity index is 1.58. The number of halogens is 1. The number of aromatic nitrogens is 1. The van der Waals surface area contributed by atoms with Gasteiger partial charge < -0.3 is 10.1 Å². The molecule has 1 N–H and O–H groups in total. The van der Waals surface area contributed by atoms with E-state index >= 15 is 0 Å². The van der Waals surface area contributed by atoms with Crippen LogP contribution in [0.5, 0.6) is 5.75 Å². The Bertz CT molecular complexity index is 707. The van der Waals surface area contributed by atoms with Gasteiger partial charge in [-0.2, -0.15) is 0 Å². The molecule has 1 aromatic heterocycles. The topological polar surface area (TPSA) is 34.1 Å². The lowest BCUT2D eigenvalue weighted by molar-refractivity contribution is 0.340. The van der Waals surface area contributed by atoms with Gasteiger partial charge in [-0.15, -0.1) is 0 Å². The lowest BCUT2D eigenvalue weighted by Gasteiger charge is -2.30. The van der Waals surface area contributed by atoms with Crippen LogP contribution in [0.15, 0.2) is 36.5 Å². The third kappa shape index (κ3) is 4.50. The second kappa shape index (κ2) is 8.77. The summed E-state index contributed by atoms with van der Waals surface area (Å²) in [5.41, 5.74) is 3.42. The lowest BCUT2D eigenvalue weighted by atomic mass is 9.81. The quantitative estimate of drug-likeness (QED) is 0.637. The van der Waals surface area contributed by atoms with Crippen molar-refractivity contribution in [1.82, 2.24) is 4.98 Å². The summed E-state index contributed by atoms with van der Waals surface area (Å²) in [7, 11) is 0. The second-order valence-corrected chi connectivity index (χ2v) is 7.79. The standard InChI is InChI=1S/C22H29ClN2O/c1-4-26-19-11-7-17(8-12-19)16-5-9-18(10-6-16)25-20-13-14-24-22(15(2)3)21(20)23/h7-8,11-16,18H,4-6,9-10H2,1-3H3,(H,24,25). The van der Waals surface area contributed by atoms with Crippen molar-refractivity contribution in [1.29, 1.82) is 0 Å². The Morgan fingerprint density at radius 1 is 1.12 bits per heavy atom. The van der Waals surface area contributed by atoms with E-state index in [1.807, 2.05) is 19.2 Å². The van der Waals surface area contributed by atoms with Gasteiger partial charge in [0.25, 0.3) is 0 Å². The molecule has 0 spiro atoms. The highest BCUT2D eigenvalue weighted by Crippen LogP contribution is 2.36. The lowest BCUT2D eigenvalue weighted by Crippen LogP contribution is -2.25. The van der Waals surface area contributed by atoms with Crippen LogP contribution in [0, 0.1) is 0 Å². The smallest absolute Gasteiger partial charge is 0.119 e. The summed E-state index contributed by atoms with van der Waals surface area (Å²) in [6, 6.07) is 11.1. The van der Waals surface area contributed by atoms with Gasteiger partial charge in [0.05, 0.1) is 23.0 Å². The molecule has 1 aliphatic carbocycles. The summed E-state index contributed by atoms with van der Waals surface area (Å²) < 4.78 is 5.54. The van der Waals surface area contributed by atoms with Crippen molar-refractivity contribution < 1.29 is 4.74 Å². The van der Waals surface area contributed by atoms with Gasteiger partial charge in [0.2, 0.25) is 0 Å². The molecule has 0 aliphatic heterocycles. The molecule has 3 nitrogen and oxygen atoms in total. The van der Waals surface area contributed by atoms with Crippen LogP contribution in [-0.2, 0) is 0 Å². The van der Waals surface area contributed by atoms with Crippen LogP contribution in [-0.4, -0.2) is 17.6 Å². The van der Waals surface area contributed by atoms with E-state index in [0.717, 1.165) is 35.0 Å². The molecule has 1 heterocycles. The average Bonchev–Trinajstić information content (AvgIpc) is 2.65. The van der Waals surface area contributed by atoms with Crippen LogP contribution in [0.3, 0.4) is 0 Å². The van der Waals surface area contributed by atoms with Crippen molar-refractivity contribution in [2.75, 3.05) is 11.9 Å². The maximum absolute atomic E-state index is 6.55. The van der Waals surface area contributed by atoms with Crippen molar-refractivity contribution in [3.05, 3.63) is 52.8 Å². The molecule has 1 saturated carbocycles. The van der Waals surface area contributed by atoms with E-state index in [2.05, 4.69) is 48.4 Å². The Morgan fingerprint density at radius 2 is 1.81 bits per heavy atom. The molecule has 3 rings (SSSR count). The highest BCUT2D eigenvalue weighted by Gasteiger charge is 2.23. The number of nitrogens with zero attached hydrogens (tertiary/aromatic N) is 1. The van der Waals surface area contributed by atoms with Gasteiger partial charge in [0.15, 0.2) is 0 Å². The Labute approximate surface area is 162 Å². The van der Waals surface area contributed by atoms with Crippen molar-refractivity contribution in [2.45, 2.75) is 64.3 Å². The van der Waals surface area contributed by atoms with E-state index in [1.54, 1.807) is 0 Å². The first-order chi connectivity index (χ1) is 12.6. The van der Waals surface area contributed by atoms with Crippen LogP contribution in [0.1, 0.15) is 69.5 Å². The molecule has 1 aromatic carbocycles. The molecular formula is C22H29ClN2O. The fraction of sp³-hybridized carbons (Fsp3) is 0.500. The van der Waals surface area contributed by atoms with Crippen LogP contribution < -0.4 is 10.1 Å². The molecule has 0 radical (unpaired) electrons. The number of anilines is 1. The maximum Gasteiger partial charge on any atom is 0.119 e. The van der Waals surface area contributed by atoms with Crippen LogP contribution >= 0.6 is 11.6 Å². The predicted octanol–water partition coefficient (Wildman–Crippen LogP) is 6.40. The fourth-order valence-corrected chi connectivity index (χ4v) is 4.15. The summed E-state index contributed by atoms with van der Waals surface area (Å²) in [6.45, 7) is 6.98. The molecule has 0 atom stereocenters. The minimum Gasteiger partial charge on any atom is -0.494 e. The molecule has 1 aliphatic rings. The highest BCUT2D eigenvalue weighted by atomic mass is 35.5. The van der Waals surface area contributed by atoms with E-state index in [0.29, 0.717) is 24.5 Å². The number of benzene rings is 1. The monoisotopic (exact) mass is 372 g/mol. The van der Waals surface area contributed by atoms with E-state index in [4.69, 9.17) is 16.3 Å². The first-order valence-corrected chi connectivity index (χ1v) is 10.1. The van der Waals surface area contributed by atoms with E-state index in [1.165, 1.54) is 18.4 Å². The van der Waals surface area contributed by atoms with Gasteiger partial charge in [-0.25, -0.2) is 0 Å². The van der Waals surface area contributed by atoms with Crippen LogP contribution in [0.4, 0.5) is 5.69 Å². The Morgan fingerprint density at radius 3 is 2.42 bits per heavy atom. The summed E-state index contributed by atoms with van der Waals surface area (Å²) >= 11 is 6.55. The number of rotatable bonds is 6. The molecule has 0 bridgehead atoms. The molecular weight excluding hydrogens is 344 g/mol. The SMILES string of the molecule is CCOc1ccc(C2CCC(Nc3ccnc(C(C)C)c3Cl)CC2)cc1. The first-order valence-electron chi connectivity index (χ1n) is 9.72. The number of pyridine rings is 1. The first kappa shape index (κ1) is 19.0. The number of nitrogens with one attached hydrogen (secondary N) is 1. The van der Waals surface area contributed by atoms with Gasteiger partial charge in [0, 0.05) is 12.2 Å². The zero-order chi connectivity index (χ0) is 18.5. The second-order valence-electron chi connectivity index (χ2n) is 7.41. The average molecular weight is 373 g/mol. The molecule has 0 saturated heterocycles. The third-order valence-corrected chi connectivity index (χ3v) is 5.61. The number of hydrogen-bond acceptors (Lipinski definition) is 3. The summed E-state index contributed by atoms with van der Waals surface area (Å²) in [5, 5.41) is 4.42. The normalized spacial score (nSPS) is 20.2. The minimum atomic E-state index is 0.333. The van der Waals surface area contributed by atoms with E-state index < -0.39 is 0 Å². The molecule has 0 amide bonds. The highest BCUT2D eigenvalue weighted by molar-refractivity contribution is 6.33. The summed E-state index contributed by atoms with van der Waals surface area (Å²) in [5.74, 6) is 1.93. The van der Waals surface area contributed by atoms with Gasteiger partial charge in [-0.05, 0) is 68.2 Å². The van der Waals surface area contributed by atoms with Crippen molar-refractivity contribution >= 4 is 17.3 Å². The molecule has 1 fully saturated rings. The zero-order valence-electron chi connectivity index (χ0n) is 16.0. The van der Waals surface area contributed by atoms with Gasteiger partial charge >= 0.3 is 0 Å². The van der Waals surface area contributed by atoms with E-state index in [9.17, 15) is 0 Å². The maximum atomic E-state index is 6.55. The largest absolute Gasteiger partial charge is 0.494 e. The molecule has 140 valence electrons. The van der Waals surface area contributed by atoms with Crippen molar-refractivity contribution in [3.8, 4) is 5.75 Å². The number of hydrogen-bond donors (Lipinski definition) is 1. The summed E-state index contributed by atoms with van der Waals surface area (Å²) in [6.07, 6.45) is 6.58. The van der Waals surface area contributed by atoms with E-state index in [-0.39, 0.29) is 0 Å². The molecule has 2 aromatic rings. The Hall–Kier alpha value is -1.74. The van der Waals surface area contributed by atoms with Crippen LogP contribution in [0.2, 0.25) is 5.02 Å². The summed E-state index contributed by atoms with van der Waals surface area (Å²) in [4.78, 5) is 4.42. The minimum absolute atomic E-state index is 0.333. The molecule has 0 unspecified atom stereocenters. The zero-order valence-corrected chi connectivity index (χ0v) is 16.7. The molecule has 26 heavy (non-hydrogen) atoms. The van der Waals surface area contributed by atoms with Crippen molar-refractivity contribution in [3.63, 3.8) is 0 Å². The van der Waals surface area contributed by atoms with Crippen molar-refractivity contribution in [2.24, 2.45) is 0 Å². The number of ether oxygens (including phenoxy) is 1. The Kier molecular flexibility index (Phi) is 6.42. The third-order valence-electron chi connectivity index (χ3n) is 5.21. The molecule has 4 heteroatoms. The van der Waals surface area contributed by atoms with Gasteiger partial charge in [-0.3, -0.25) is 4.98 Å². The van der Waals surface area contributed by atoms with Gasteiger partial charge in [0.1, 0.15) is 5.75 Å². The van der Waals surface area contributed by atoms with Gasteiger partial charge in [-0.1, -0.05) is 37.6 Å². The fourth-order valence-electron chi connectivity index (χ4n) is 3.77. The predicted molar refractivity (Wildman–Crippen MR) is 110 cm³/mol.